The van der Waals surface area contributed by atoms with E-state index in [2.05, 4.69) is 24.1 Å². The molecule has 0 bridgehead atoms. The van der Waals surface area contributed by atoms with Crippen molar-refractivity contribution in [3.63, 3.8) is 0 Å². The Hall–Kier alpha value is -0.0800. The molecular formula is C17H34N2. The largest absolute Gasteiger partial charge is 0.312 e. The number of rotatable bonds is 4. The van der Waals surface area contributed by atoms with Gasteiger partial charge in [-0.2, -0.15) is 0 Å². The monoisotopic (exact) mass is 266 g/mol. The maximum Gasteiger partial charge on any atom is 0.0252 e. The van der Waals surface area contributed by atoms with Gasteiger partial charge in [0, 0.05) is 18.1 Å². The van der Waals surface area contributed by atoms with Crippen molar-refractivity contribution in [3.8, 4) is 0 Å². The highest BCUT2D eigenvalue weighted by Crippen LogP contribution is 2.27. The van der Waals surface area contributed by atoms with E-state index in [0.29, 0.717) is 0 Å². The predicted octanol–water partition coefficient (Wildman–Crippen LogP) is 3.95. The molecule has 1 saturated heterocycles. The molecule has 1 saturated carbocycles. The molecule has 2 rings (SSSR count). The molecule has 0 aromatic heterocycles. The maximum absolute atomic E-state index is 3.86. The molecule has 0 radical (unpaired) electrons. The lowest BCUT2D eigenvalue weighted by Crippen LogP contribution is -2.52. The minimum atomic E-state index is 0.753. The fraction of sp³-hybridized carbons (Fsp3) is 1.00. The van der Waals surface area contributed by atoms with Crippen LogP contribution >= 0.6 is 0 Å². The minimum absolute atomic E-state index is 0.753. The van der Waals surface area contributed by atoms with E-state index in [-0.39, 0.29) is 0 Å². The van der Waals surface area contributed by atoms with Crippen LogP contribution in [0.1, 0.15) is 78.1 Å². The van der Waals surface area contributed by atoms with E-state index in [4.69, 9.17) is 0 Å². The van der Waals surface area contributed by atoms with Gasteiger partial charge >= 0.3 is 0 Å². The van der Waals surface area contributed by atoms with Crippen molar-refractivity contribution in [2.75, 3.05) is 13.1 Å². The molecule has 1 aliphatic heterocycles. The van der Waals surface area contributed by atoms with Gasteiger partial charge in [0.15, 0.2) is 0 Å². The smallest absolute Gasteiger partial charge is 0.0252 e. The zero-order chi connectivity index (χ0) is 13.5. The van der Waals surface area contributed by atoms with Crippen molar-refractivity contribution < 1.29 is 0 Å². The first-order valence-electron chi connectivity index (χ1n) is 8.82. The Morgan fingerprint density at radius 2 is 1.68 bits per heavy atom. The molecule has 0 aromatic carbocycles. The lowest BCUT2D eigenvalue weighted by atomic mass is 9.98. The quantitative estimate of drug-likeness (QED) is 0.775. The molecule has 2 fully saturated rings. The van der Waals surface area contributed by atoms with Crippen molar-refractivity contribution in [2.45, 2.75) is 96.2 Å². The molecule has 3 unspecified atom stereocenters. The molecule has 2 aliphatic rings. The van der Waals surface area contributed by atoms with Gasteiger partial charge in [-0.05, 0) is 52.1 Å². The highest BCUT2D eigenvalue weighted by molar-refractivity contribution is 4.89. The van der Waals surface area contributed by atoms with Crippen LogP contribution in [0.2, 0.25) is 0 Å². The van der Waals surface area contributed by atoms with Gasteiger partial charge in [0.25, 0.3) is 0 Å². The van der Waals surface area contributed by atoms with E-state index in [1.165, 1.54) is 77.3 Å². The molecule has 0 amide bonds. The molecule has 1 aliphatic carbocycles. The molecular weight excluding hydrogens is 232 g/mol. The first kappa shape index (κ1) is 15.3. The first-order chi connectivity index (χ1) is 9.33. The molecule has 1 heterocycles. The van der Waals surface area contributed by atoms with Crippen LogP contribution in [-0.2, 0) is 0 Å². The van der Waals surface area contributed by atoms with Gasteiger partial charge < -0.3 is 5.32 Å². The van der Waals surface area contributed by atoms with Gasteiger partial charge in [0.05, 0.1) is 0 Å². The first-order valence-corrected chi connectivity index (χ1v) is 8.82. The van der Waals surface area contributed by atoms with Crippen molar-refractivity contribution in [2.24, 2.45) is 0 Å². The van der Waals surface area contributed by atoms with Crippen molar-refractivity contribution >= 4 is 0 Å². The zero-order valence-corrected chi connectivity index (χ0v) is 13.2. The van der Waals surface area contributed by atoms with Gasteiger partial charge in [-0.1, -0.05) is 39.0 Å². The third-order valence-electron chi connectivity index (χ3n) is 5.17. The molecule has 2 heteroatoms. The summed E-state index contributed by atoms with van der Waals surface area (Å²) in [5.74, 6) is 0. The third-order valence-corrected chi connectivity index (χ3v) is 5.17. The topological polar surface area (TPSA) is 15.3 Å². The van der Waals surface area contributed by atoms with Gasteiger partial charge in [-0.25, -0.2) is 0 Å². The Kier molecular flexibility index (Phi) is 6.66. The fourth-order valence-electron chi connectivity index (χ4n) is 4.04. The Morgan fingerprint density at radius 3 is 2.53 bits per heavy atom. The highest BCUT2D eigenvalue weighted by atomic mass is 15.2. The summed E-state index contributed by atoms with van der Waals surface area (Å²) in [6.07, 6.45) is 14.1. The minimum Gasteiger partial charge on any atom is -0.312 e. The average molecular weight is 266 g/mol. The molecule has 19 heavy (non-hydrogen) atoms. The third kappa shape index (κ3) is 4.46. The van der Waals surface area contributed by atoms with E-state index < -0.39 is 0 Å². The number of likely N-dealkylation sites (tertiary alicyclic amines) is 1. The lowest BCUT2D eigenvalue weighted by molar-refractivity contribution is 0.109. The summed E-state index contributed by atoms with van der Waals surface area (Å²) in [7, 11) is 0. The molecule has 3 atom stereocenters. The van der Waals surface area contributed by atoms with Crippen LogP contribution in [0.3, 0.4) is 0 Å². The zero-order valence-electron chi connectivity index (χ0n) is 13.2. The molecule has 0 aromatic rings. The summed E-state index contributed by atoms with van der Waals surface area (Å²) >= 11 is 0. The van der Waals surface area contributed by atoms with E-state index in [1.54, 1.807) is 0 Å². The van der Waals surface area contributed by atoms with Crippen LogP contribution in [0.4, 0.5) is 0 Å². The van der Waals surface area contributed by atoms with Crippen LogP contribution in [0.5, 0.6) is 0 Å². The predicted molar refractivity (Wildman–Crippen MR) is 83.6 cm³/mol. The number of nitrogens with one attached hydrogen (secondary N) is 1. The number of hydrogen-bond acceptors (Lipinski definition) is 2. The Bertz CT molecular complexity index is 241. The molecule has 0 spiro atoms. The van der Waals surface area contributed by atoms with Crippen LogP contribution in [0, 0.1) is 0 Å². The van der Waals surface area contributed by atoms with Gasteiger partial charge in [-0.3, -0.25) is 4.90 Å². The second-order valence-corrected chi connectivity index (χ2v) is 6.70. The van der Waals surface area contributed by atoms with E-state index >= 15 is 0 Å². The summed E-state index contributed by atoms with van der Waals surface area (Å²) < 4.78 is 0. The fourth-order valence-corrected chi connectivity index (χ4v) is 4.04. The Balaban J connectivity index is 2.01. The number of nitrogens with zero attached hydrogens (tertiary/aromatic N) is 1. The van der Waals surface area contributed by atoms with Crippen LogP contribution in [0.15, 0.2) is 0 Å². The average Bonchev–Trinajstić information content (AvgIpc) is 2.76. The SMILES string of the molecule is CCCNC1CCCCCC1N1CCCCCC1C. The Morgan fingerprint density at radius 1 is 0.947 bits per heavy atom. The van der Waals surface area contributed by atoms with E-state index in [0.717, 1.165) is 18.1 Å². The van der Waals surface area contributed by atoms with Crippen LogP contribution in [-0.4, -0.2) is 36.1 Å². The second-order valence-electron chi connectivity index (χ2n) is 6.70. The molecule has 1 N–H and O–H groups in total. The van der Waals surface area contributed by atoms with E-state index in [1.807, 2.05) is 0 Å². The van der Waals surface area contributed by atoms with Crippen molar-refractivity contribution in [1.29, 1.82) is 0 Å². The highest BCUT2D eigenvalue weighted by Gasteiger charge is 2.31. The molecule has 112 valence electrons. The van der Waals surface area contributed by atoms with E-state index in [9.17, 15) is 0 Å². The summed E-state index contributed by atoms with van der Waals surface area (Å²) in [6, 6.07) is 2.36. The van der Waals surface area contributed by atoms with Gasteiger partial charge in [0.2, 0.25) is 0 Å². The van der Waals surface area contributed by atoms with Gasteiger partial charge in [0.1, 0.15) is 0 Å². The summed E-state index contributed by atoms with van der Waals surface area (Å²) in [5, 5.41) is 3.86. The van der Waals surface area contributed by atoms with Crippen LogP contribution in [0.25, 0.3) is 0 Å². The summed E-state index contributed by atoms with van der Waals surface area (Å²) in [6.45, 7) is 7.29. The lowest BCUT2D eigenvalue weighted by Gasteiger charge is -2.39. The Labute approximate surface area is 120 Å². The molecule has 2 nitrogen and oxygen atoms in total. The van der Waals surface area contributed by atoms with Crippen molar-refractivity contribution in [1.82, 2.24) is 10.2 Å². The summed E-state index contributed by atoms with van der Waals surface area (Å²) in [5.41, 5.74) is 0. The maximum atomic E-state index is 3.86. The number of hydrogen-bond donors (Lipinski definition) is 1. The normalized spacial score (nSPS) is 34.7. The van der Waals surface area contributed by atoms with Crippen molar-refractivity contribution in [3.05, 3.63) is 0 Å². The van der Waals surface area contributed by atoms with Crippen LogP contribution < -0.4 is 5.32 Å². The van der Waals surface area contributed by atoms with Gasteiger partial charge in [-0.15, -0.1) is 0 Å². The summed E-state index contributed by atoms with van der Waals surface area (Å²) in [4.78, 5) is 2.87. The second kappa shape index (κ2) is 8.26. The standard InChI is InChI=1S/C17H34N2/c1-3-13-18-16-11-7-4-8-12-17(16)19-14-9-5-6-10-15(19)2/h15-18H,3-14H2,1-2H3.